The van der Waals surface area contributed by atoms with E-state index in [9.17, 15) is 38.3 Å². The molecule has 16 heteroatoms. The minimum Gasteiger partial charge on any atom is -0.483 e. The molecular weight excluding hydrogens is 643 g/mol. The number of hydrogen-bond donors (Lipinski definition) is 3. The van der Waals surface area contributed by atoms with Gasteiger partial charge in [0.25, 0.3) is 11.8 Å². The number of fused-ring (bicyclic) bond motifs is 1. The molecule has 5 amide bonds. The molecule has 1 aliphatic carbocycles. The Bertz CT molecular complexity index is 1630. The number of ether oxygens (including phenoxy) is 2. The zero-order valence-corrected chi connectivity index (χ0v) is 27.5. The minimum absolute atomic E-state index is 0.0340. The fourth-order valence-corrected chi connectivity index (χ4v) is 6.12. The third-order valence-electron chi connectivity index (χ3n) is 9.06. The molecule has 5 rings (SSSR count). The van der Waals surface area contributed by atoms with Crippen molar-refractivity contribution in [3.8, 4) is 5.75 Å². The van der Waals surface area contributed by atoms with Crippen LogP contribution in [-0.2, 0) is 23.9 Å². The summed E-state index contributed by atoms with van der Waals surface area (Å²) in [6, 6.07) is 1.82. The number of carboxylic acid groups (broad SMARTS) is 1. The van der Waals surface area contributed by atoms with E-state index in [1.807, 2.05) is 0 Å². The molecule has 0 radical (unpaired) electrons. The van der Waals surface area contributed by atoms with E-state index in [2.05, 4.69) is 15.6 Å². The molecule has 0 bridgehead atoms. The van der Waals surface area contributed by atoms with Crippen LogP contribution >= 0.6 is 0 Å². The molecule has 2 atom stereocenters. The number of aryl methyl sites for hydroxylation is 1. The van der Waals surface area contributed by atoms with Gasteiger partial charge in [-0.25, -0.2) is 14.2 Å². The number of amides is 5. The summed E-state index contributed by atoms with van der Waals surface area (Å²) in [4.78, 5) is 85.3. The number of carboxylic acids is 1. The van der Waals surface area contributed by atoms with Gasteiger partial charge in [0.2, 0.25) is 11.8 Å². The van der Waals surface area contributed by atoms with Crippen molar-refractivity contribution in [2.24, 2.45) is 0 Å². The summed E-state index contributed by atoms with van der Waals surface area (Å²) in [6.45, 7) is 3.82. The van der Waals surface area contributed by atoms with Crippen LogP contribution in [0.5, 0.6) is 5.75 Å². The highest BCUT2D eigenvalue weighted by Crippen LogP contribution is 2.29. The molecule has 1 saturated carbocycles. The summed E-state index contributed by atoms with van der Waals surface area (Å²) < 4.78 is 25.5. The average Bonchev–Trinajstić information content (AvgIpc) is 3.55. The van der Waals surface area contributed by atoms with Gasteiger partial charge in [0.1, 0.15) is 29.3 Å². The van der Waals surface area contributed by atoms with Crippen molar-refractivity contribution < 1.29 is 47.7 Å². The van der Waals surface area contributed by atoms with E-state index in [1.165, 1.54) is 39.8 Å². The van der Waals surface area contributed by atoms with Crippen LogP contribution in [0.4, 0.5) is 9.18 Å². The van der Waals surface area contributed by atoms with Crippen LogP contribution < -0.4 is 15.4 Å². The number of nitrogens with one attached hydrogen (secondary N) is 2. The predicted molar refractivity (Wildman–Crippen MR) is 171 cm³/mol. The molecule has 1 aromatic heterocycles. The topological polar surface area (TPSA) is 188 Å². The molecule has 15 nitrogen and oxygen atoms in total. The van der Waals surface area contributed by atoms with Crippen molar-refractivity contribution in [3.05, 3.63) is 35.3 Å². The SMILES string of the molecule is CCOC(=O)N1CCN(C(=O)C(CC(=O)O)NC(=O)c2cc(OCC(=O)N3CCCC3C(=O)NC3CCC3)c3cc(F)c(C)cc3n2)CC1. The second-order valence-electron chi connectivity index (χ2n) is 12.4. The number of hydrogen-bond acceptors (Lipinski definition) is 9. The van der Waals surface area contributed by atoms with E-state index in [0.717, 1.165) is 19.3 Å². The first-order valence-corrected chi connectivity index (χ1v) is 16.5. The van der Waals surface area contributed by atoms with Crippen molar-refractivity contribution in [1.82, 2.24) is 30.3 Å². The van der Waals surface area contributed by atoms with Crippen molar-refractivity contribution in [3.63, 3.8) is 0 Å². The van der Waals surface area contributed by atoms with Gasteiger partial charge in [-0.1, -0.05) is 0 Å². The maximum atomic E-state index is 14.7. The first-order valence-electron chi connectivity index (χ1n) is 16.5. The fourth-order valence-electron chi connectivity index (χ4n) is 6.12. The predicted octanol–water partition coefficient (Wildman–Crippen LogP) is 1.59. The fraction of sp³-hybridized carbons (Fsp3) is 0.545. The number of carbonyl (C=O) groups is 6. The summed E-state index contributed by atoms with van der Waals surface area (Å²) >= 11 is 0. The molecule has 3 heterocycles. The van der Waals surface area contributed by atoms with Gasteiger partial charge in [-0.3, -0.25) is 24.0 Å². The number of aliphatic carboxylic acids is 1. The molecule has 2 unspecified atom stereocenters. The number of piperazine rings is 1. The second-order valence-corrected chi connectivity index (χ2v) is 12.4. The minimum atomic E-state index is -1.46. The molecule has 1 aromatic carbocycles. The van der Waals surface area contributed by atoms with E-state index in [0.29, 0.717) is 19.4 Å². The Morgan fingerprint density at radius 3 is 2.37 bits per heavy atom. The van der Waals surface area contributed by atoms with Gasteiger partial charge in [0.15, 0.2) is 6.61 Å². The number of carbonyl (C=O) groups excluding carboxylic acids is 5. The third-order valence-corrected chi connectivity index (χ3v) is 9.06. The Kier molecular flexibility index (Phi) is 11.1. The van der Waals surface area contributed by atoms with Gasteiger partial charge in [-0.05, 0) is 63.6 Å². The van der Waals surface area contributed by atoms with E-state index in [4.69, 9.17) is 9.47 Å². The van der Waals surface area contributed by atoms with Gasteiger partial charge < -0.3 is 39.9 Å². The van der Waals surface area contributed by atoms with Crippen LogP contribution in [0.25, 0.3) is 10.9 Å². The first-order chi connectivity index (χ1) is 23.4. The van der Waals surface area contributed by atoms with Crippen molar-refractivity contribution in [2.45, 2.75) is 70.5 Å². The number of benzene rings is 1. The monoisotopic (exact) mass is 684 g/mol. The standard InChI is InChI=1S/C33H41FN6O9/c1-3-48-33(47)39-12-10-38(11-13-39)32(46)25(17-29(42)43)37-30(44)24-16-27(21-15-22(34)19(2)14-23(21)36-24)49-18-28(41)40-9-5-8-26(40)31(45)35-20-6-4-7-20/h14-16,20,25-26H,3-13,17-18H2,1-2H3,(H,35,45)(H,37,44)(H,42,43). The lowest BCUT2D eigenvalue weighted by atomic mass is 9.93. The maximum Gasteiger partial charge on any atom is 0.409 e. The lowest BCUT2D eigenvalue weighted by Gasteiger charge is -2.35. The van der Waals surface area contributed by atoms with Gasteiger partial charge in [0, 0.05) is 50.2 Å². The molecule has 3 aliphatic rings. The van der Waals surface area contributed by atoms with E-state index in [-0.39, 0.29) is 72.6 Å². The number of rotatable bonds is 11. The van der Waals surface area contributed by atoms with Crippen LogP contribution in [0.1, 0.15) is 61.5 Å². The Balaban J connectivity index is 1.31. The van der Waals surface area contributed by atoms with Crippen LogP contribution in [0, 0.1) is 12.7 Å². The van der Waals surface area contributed by atoms with Crippen molar-refractivity contribution in [2.75, 3.05) is 45.9 Å². The molecule has 264 valence electrons. The zero-order chi connectivity index (χ0) is 35.2. The molecular formula is C33H41FN6O9. The highest BCUT2D eigenvalue weighted by Gasteiger charge is 2.36. The number of pyridine rings is 1. The summed E-state index contributed by atoms with van der Waals surface area (Å²) in [5, 5.41) is 15.2. The van der Waals surface area contributed by atoms with E-state index >= 15 is 0 Å². The largest absolute Gasteiger partial charge is 0.483 e. The summed E-state index contributed by atoms with van der Waals surface area (Å²) in [7, 11) is 0. The molecule has 0 spiro atoms. The van der Waals surface area contributed by atoms with E-state index in [1.54, 1.807) is 6.92 Å². The molecule has 2 saturated heterocycles. The number of nitrogens with zero attached hydrogens (tertiary/aromatic N) is 4. The highest BCUT2D eigenvalue weighted by atomic mass is 19.1. The van der Waals surface area contributed by atoms with Crippen LogP contribution in [0.2, 0.25) is 0 Å². The molecule has 49 heavy (non-hydrogen) atoms. The third kappa shape index (κ3) is 8.35. The van der Waals surface area contributed by atoms with Gasteiger partial charge in [-0.2, -0.15) is 0 Å². The van der Waals surface area contributed by atoms with E-state index < -0.39 is 60.7 Å². The quantitative estimate of drug-likeness (QED) is 0.314. The normalized spacial score (nSPS) is 18.4. The Morgan fingerprint density at radius 2 is 1.71 bits per heavy atom. The lowest BCUT2D eigenvalue weighted by molar-refractivity contribution is -0.143. The molecule has 3 N–H and O–H groups in total. The Morgan fingerprint density at radius 1 is 1.00 bits per heavy atom. The summed E-state index contributed by atoms with van der Waals surface area (Å²) in [6.07, 6.45) is 2.82. The number of halogens is 1. The number of likely N-dealkylation sites (tertiary alicyclic amines) is 1. The lowest BCUT2D eigenvalue weighted by Crippen LogP contribution is -2.56. The van der Waals surface area contributed by atoms with Gasteiger partial charge in [0.05, 0.1) is 18.5 Å². The Hall–Kier alpha value is -5.02. The van der Waals surface area contributed by atoms with Crippen LogP contribution in [0.3, 0.4) is 0 Å². The summed E-state index contributed by atoms with van der Waals surface area (Å²) in [5.41, 5.74) is 0.150. The molecule has 2 aliphatic heterocycles. The number of aromatic nitrogens is 1. The van der Waals surface area contributed by atoms with Crippen LogP contribution in [-0.4, -0.2) is 125 Å². The molecule has 2 aromatic rings. The smallest absolute Gasteiger partial charge is 0.409 e. The molecule has 3 fully saturated rings. The van der Waals surface area contributed by atoms with Gasteiger partial charge in [-0.15, -0.1) is 0 Å². The van der Waals surface area contributed by atoms with Crippen molar-refractivity contribution >= 4 is 46.6 Å². The first kappa shape index (κ1) is 35.3. The van der Waals surface area contributed by atoms with Gasteiger partial charge >= 0.3 is 12.1 Å². The van der Waals surface area contributed by atoms with Crippen molar-refractivity contribution in [1.29, 1.82) is 0 Å². The Labute approximate surface area is 282 Å². The maximum absolute atomic E-state index is 14.7. The zero-order valence-electron chi connectivity index (χ0n) is 27.5. The average molecular weight is 685 g/mol. The second kappa shape index (κ2) is 15.5. The highest BCUT2D eigenvalue weighted by molar-refractivity contribution is 6.00. The van der Waals surface area contributed by atoms with Crippen LogP contribution in [0.15, 0.2) is 18.2 Å². The summed E-state index contributed by atoms with van der Waals surface area (Å²) in [5.74, 6) is -4.12.